The number of aliphatic hydroxyl groups excluding tert-OH is 2. The van der Waals surface area contributed by atoms with Gasteiger partial charge in [-0.1, -0.05) is 38.1 Å². The first-order valence-corrected chi connectivity index (χ1v) is 11.7. The van der Waals surface area contributed by atoms with Gasteiger partial charge in [-0.15, -0.1) is 0 Å². The van der Waals surface area contributed by atoms with Gasteiger partial charge in [-0.3, -0.25) is 4.79 Å². The van der Waals surface area contributed by atoms with Gasteiger partial charge in [0, 0.05) is 17.5 Å². The summed E-state index contributed by atoms with van der Waals surface area (Å²) in [5, 5.41) is 34.9. The quantitative estimate of drug-likeness (QED) is 0.415. The lowest BCUT2D eigenvalue weighted by Crippen LogP contribution is -2.23. The second kappa shape index (κ2) is 10.3. The minimum absolute atomic E-state index is 0.0246. The Morgan fingerprint density at radius 1 is 1.17 bits per heavy atom. The van der Waals surface area contributed by atoms with Crippen LogP contribution in [0.4, 0.5) is 4.39 Å². The van der Waals surface area contributed by atoms with E-state index in [9.17, 15) is 19.4 Å². The fourth-order valence-electron chi connectivity index (χ4n) is 4.19. The fourth-order valence-corrected chi connectivity index (χ4v) is 4.19. The van der Waals surface area contributed by atoms with Crippen molar-refractivity contribution in [2.24, 2.45) is 0 Å². The molecule has 0 saturated heterocycles. The van der Waals surface area contributed by atoms with Gasteiger partial charge in [0.15, 0.2) is 5.65 Å². The summed E-state index contributed by atoms with van der Waals surface area (Å²) in [7, 11) is 0. The molecule has 0 radical (unpaired) electrons. The van der Waals surface area contributed by atoms with Crippen molar-refractivity contribution < 1.29 is 24.5 Å². The summed E-state index contributed by atoms with van der Waals surface area (Å²) in [6.45, 7) is 12.1. The normalized spacial score (nSPS) is 14.2. The Hall–Kier alpha value is -3.10. The Kier molecular flexibility index (Phi) is 7.77. The number of nitrogens with zero attached hydrogens (tertiary/aromatic N) is 3. The highest BCUT2D eigenvalue weighted by Crippen LogP contribution is 2.39. The number of aryl methyl sites for hydroxylation is 1. The molecular formula is C27H34FN3O4. The van der Waals surface area contributed by atoms with Gasteiger partial charge in [-0.05, 0) is 51.3 Å². The molecule has 0 amide bonds. The number of aromatic nitrogens is 3. The lowest BCUT2D eigenvalue weighted by atomic mass is 9.90. The lowest BCUT2D eigenvalue weighted by molar-refractivity contribution is -0.139. The average Bonchev–Trinajstić information content (AvgIpc) is 3.08. The van der Waals surface area contributed by atoms with Crippen molar-refractivity contribution in [3.05, 3.63) is 53.1 Å². The van der Waals surface area contributed by atoms with E-state index in [4.69, 9.17) is 15.2 Å². The molecule has 2 heterocycles. The summed E-state index contributed by atoms with van der Waals surface area (Å²) >= 11 is 0. The van der Waals surface area contributed by atoms with Crippen molar-refractivity contribution in [2.45, 2.75) is 78.0 Å². The number of fused-ring (bicyclic) bond motifs is 1. The van der Waals surface area contributed by atoms with E-state index >= 15 is 0 Å². The third-order valence-corrected chi connectivity index (χ3v) is 5.78. The number of hydrogen-bond donors (Lipinski definition) is 3. The first-order valence-electron chi connectivity index (χ1n) is 11.7. The van der Waals surface area contributed by atoms with Crippen molar-refractivity contribution in [1.29, 1.82) is 0 Å². The summed E-state index contributed by atoms with van der Waals surface area (Å²) in [6, 6.07) is 6.24. The van der Waals surface area contributed by atoms with Crippen molar-refractivity contribution in [3.8, 4) is 11.1 Å². The van der Waals surface area contributed by atoms with Crippen LogP contribution in [-0.2, 0) is 10.3 Å². The topological polar surface area (TPSA) is 108 Å². The van der Waals surface area contributed by atoms with Crippen LogP contribution in [0.1, 0.15) is 70.3 Å². The third-order valence-electron chi connectivity index (χ3n) is 5.78. The molecule has 3 rings (SSSR count). The molecule has 188 valence electrons. The van der Waals surface area contributed by atoms with Crippen LogP contribution in [0.5, 0.6) is 0 Å². The maximum Gasteiger partial charge on any atom is 0.305 e. The van der Waals surface area contributed by atoms with Crippen molar-refractivity contribution in [1.82, 2.24) is 14.8 Å². The van der Waals surface area contributed by atoms with Crippen LogP contribution >= 0.6 is 0 Å². The molecule has 0 spiro atoms. The number of carboxylic acid groups (broad SMARTS) is 1. The number of benzene rings is 1. The van der Waals surface area contributed by atoms with E-state index < -0.39 is 24.6 Å². The van der Waals surface area contributed by atoms with Gasteiger partial charge in [0.05, 0.1) is 40.9 Å². The third kappa shape index (κ3) is 5.94. The molecule has 0 aliphatic heterocycles. The van der Waals surface area contributed by atoms with Crippen LogP contribution < -0.4 is 0 Å². The number of pyridine rings is 1. The van der Waals surface area contributed by atoms with E-state index in [1.54, 1.807) is 18.2 Å². The highest BCUT2D eigenvalue weighted by molar-refractivity contribution is 6.00. The zero-order valence-corrected chi connectivity index (χ0v) is 21.1. The SMILES string of the molecule is Cc1nn(C(C)(C)C)c2nc(C(C)C)c(/C=C/C(O)CC(O)CC(=O)O)c(-c3ccc(F)cc3)c12. The van der Waals surface area contributed by atoms with Crippen molar-refractivity contribution >= 4 is 23.1 Å². The number of carbonyl (C=O) groups is 1. The van der Waals surface area contributed by atoms with E-state index in [0.717, 1.165) is 39.1 Å². The second-order valence-corrected chi connectivity index (χ2v) is 10.2. The van der Waals surface area contributed by atoms with Crippen LogP contribution in [0, 0.1) is 12.7 Å². The minimum atomic E-state index is -1.17. The first-order chi connectivity index (χ1) is 16.3. The van der Waals surface area contributed by atoms with Crippen molar-refractivity contribution in [2.75, 3.05) is 0 Å². The highest BCUT2D eigenvalue weighted by atomic mass is 19.1. The average molecular weight is 484 g/mol. The van der Waals surface area contributed by atoms with Crippen LogP contribution in [0.15, 0.2) is 30.3 Å². The summed E-state index contributed by atoms with van der Waals surface area (Å²) in [4.78, 5) is 15.9. The summed E-state index contributed by atoms with van der Waals surface area (Å²) in [5.74, 6) is -1.45. The van der Waals surface area contributed by atoms with Gasteiger partial charge in [0.2, 0.25) is 0 Å². The molecule has 0 saturated carbocycles. The molecule has 1 aromatic carbocycles. The standard InChI is InChI=1S/C27H34FN3O4/c1-15(2)25-21(12-11-19(32)13-20(33)14-22(34)35)24(17-7-9-18(28)10-8-17)23-16(3)30-31(26(23)29-25)27(4,5)6/h7-12,15,19-20,32-33H,13-14H2,1-6H3,(H,34,35)/b12-11+. The molecule has 0 bridgehead atoms. The van der Waals surface area contributed by atoms with E-state index in [-0.39, 0.29) is 23.7 Å². The number of rotatable bonds is 8. The molecule has 3 N–H and O–H groups in total. The Bertz CT molecular complexity index is 1240. The van der Waals surface area contributed by atoms with E-state index in [1.165, 1.54) is 18.2 Å². The maximum absolute atomic E-state index is 13.8. The van der Waals surface area contributed by atoms with Gasteiger partial charge in [-0.25, -0.2) is 14.1 Å². The molecule has 7 nitrogen and oxygen atoms in total. The van der Waals surface area contributed by atoms with Crippen LogP contribution in [0.2, 0.25) is 0 Å². The maximum atomic E-state index is 13.8. The zero-order chi connectivity index (χ0) is 26.1. The number of carboxylic acids is 1. The Morgan fingerprint density at radius 3 is 2.34 bits per heavy atom. The zero-order valence-electron chi connectivity index (χ0n) is 21.1. The van der Waals surface area contributed by atoms with E-state index in [0.29, 0.717) is 0 Å². The van der Waals surface area contributed by atoms with E-state index in [1.807, 2.05) is 25.5 Å². The van der Waals surface area contributed by atoms with Crippen LogP contribution in [-0.4, -0.2) is 48.3 Å². The molecule has 2 aromatic heterocycles. The van der Waals surface area contributed by atoms with Gasteiger partial charge >= 0.3 is 5.97 Å². The van der Waals surface area contributed by atoms with E-state index in [2.05, 4.69) is 20.8 Å². The number of aliphatic carboxylic acids is 1. The Labute approximate surface area is 204 Å². The number of aliphatic hydroxyl groups is 2. The molecule has 2 atom stereocenters. The van der Waals surface area contributed by atoms with Gasteiger partial charge in [0.25, 0.3) is 0 Å². The lowest BCUT2D eigenvalue weighted by Gasteiger charge is -2.22. The van der Waals surface area contributed by atoms with Gasteiger partial charge in [0.1, 0.15) is 5.82 Å². The molecular weight excluding hydrogens is 449 g/mol. The highest BCUT2D eigenvalue weighted by Gasteiger charge is 2.26. The molecule has 8 heteroatoms. The Balaban J connectivity index is 2.27. The fraction of sp³-hybridized carbons (Fsp3) is 0.444. The largest absolute Gasteiger partial charge is 0.481 e. The predicted molar refractivity (Wildman–Crippen MR) is 135 cm³/mol. The summed E-state index contributed by atoms with van der Waals surface area (Å²) in [6.07, 6.45) is 0.521. The van der Waals surface area contributed by atoms with Crippen LogP contribution in [0.3, 0.4) is 0 Å². The van der Waals surface area contributed by atoms with Crippen molar-refractivity contribution in [3.63, 3.8) is 0 Å². The molecule has 3 aromatic rings. The molecule has 0 fully saturated rings. The van der Waals surface area contributed by atoms with Gasteiger partial charge < -0.3 is 15.3 Å². The summed E-state index contributed by atoms with van der Waals surface area (Å²) < 4.78 is 15.7. The Morgan fingerprint density at radius 2 is 1.80 bits per heavy atom. The first kappa shape index (κ1) is 26.5. The molecule has 0 aliphatic carbocycles. The second-order valence-electron chi connectivity index (χ2n) is 10.2. The molecule has 35 heavy (non-hydrogen) atoms. The van der Waals surface area contributed by atoms with Gasteiger partial charge in [-0.2, -0.15) is 5.10 Å². The number of hydrogen-bond acceptors (Lipinski definition) is 5. The predicted octanol–water partition coefficient (Wildman–Crippen LogP) is 5.02. The smallest absolute Gasteiger partial charge is 0.305 e. The molecule has 0 aliphatic rings. The summed E-state index contributed by atoms with van der Waals surface area (Å²) in [5.41, 5.74) is 4.37. The molecule has 2 unspecified atom stereocenters. The minimum Gasteiger partial charge on any atom is -0.481 e. The van der Waals surface area contributed by atoms with Crippen LogP contribution in [0.25, 0.3) is 28.2 Å². The number of halogens is 1. The monoisotopic (exact) mass is 483 g/mol.